The smallest absolute Gasteiger partial charge is 0.338 e. The molecular formula is C15H10Cl2N4O2. The van der Waals surface area contributed by atoms with Gasteiger partial charge in [-0.1, -0.05) is 35.3 Å². The second kappa shape index (κ2) is 6.76. The summed E-state index contributed by atoms with van der Waals surface area (Å²) >= 11 is 11.8. The summed E-state index contributed by atoms with van der Waals surface area (Å²) in [5, 5.41) is 11.8. The lowest BCUT2D eigenvalue weighted by molar-refractivity contribution is 0.0472. The van der Waals surface area contributed by atoms with Gasteiger partial charge in [-0.3, -0.25) is 0 Å². The summed E-state index contributed by atoms with van der Waals surface area (Å²) < 4.78 is 6.73. The Morgan fingerprint density at radius 1 is 1.13 bits per heavy atom. The van der Waals surface area contributed by atoms with E-state index in [0.29, 0.717) is 21.3 Å². The number of tetrazole rings is 1. The Morgan fingerprint density at radius 2 is 2.00 bits per heavy atom. The van der Waals surface area contributed by atoms with Crippen LogP contribution in [-0.4, -0.2) is 26.2 Å². The van der Waals surface area contributed by atoms with Crippen molar-refractivity contribution in [1.82, 2.24) is 20.2 Å². The highest BCUT2D eigenvalue weighted by atomic mass is 35.5. The number of carbonyl (C=O) groups is 1. The maximum atomic E-state index is 12.1. The van der Waals surface area contributed by atoms with Crippen LogP contribution >= 0.6 is 23.2 Å². The average Bonchev–Trinajstić information content (AvgIpc) is 3.10. The van der Waals surface area contributed by atoms with Crippen LogP contribution in [0.5, 0.6) is 0 Å². The zero-order chi connectivity index (χ0) is 16.2. The van der Waals surface area contributed by atoms with E-state index in [9.17, 15) is 4.79 Å². The van der Waals surface area contributed by atoms with Gasteiger partial charge in [0.05, 0.1) is 21.3 Å². The number of benzene rings is 2. The summed E-state index contributed by atoms with van der Waals surface area (Å²) in [5.41, 5.74) is 1.82. The van der Waals surface area contributed by atoms with E-state index in [-0.39, 0.29) is 6.61 Å². The van der Waals surface area contributed by atoms with Crippen LogP contribution in [0.4, 0.5) is 0 Å². The Morgan fingerprint density at radius 3 is 2.74 bits per heavy atom. The van der Waals surface area contributed by atoms with E-state index in [0.717, 1.165) is 5.56 Å². The molecule has 116 valence electrons. The van der Waals surface area contributed by atoms with Gasteiger partial charge in [-0.05, 0) is 46.3 Å². The van der Waals surface area contributed by atoms with Gasteiger partial charge < -0.3 is 4.74 Å². The zero-order valence-electron chi connectivity index (χ0n) is 11.7. The molecular weight excluding hydrogens is 339 g/mol. The zero-order valence-corrected chi connectivity index (χ0v) is 13.2. The van der Waals surface area contributed by atoms with Crippen molar-refractivity contribution in [2.75, 3.05) is 0 Å². The summed E-state index contributed by atoms with van der Waals surface area (Å²) in [6, 6.07) is 11.9. The van der Waals surface area contributed by atoms with Crippen molar-refractivity contribution in [2.45, 2.75) is 6.61 Å². The molecule has 0 unspecified atom stereocenters. The van der Waals surface area contributed by atoms with Gasteiger partial charge in [0.2, 0.25) is 0 Å². The number of aromatic nitrogens is 4. The van der Waals surface area contributed by atoms with Gasteiger partial charge in [0.15, 0.2) is 0 Å². The number of hydrogen-bond acceptors (Lipinski definition) is 5. The second-order valence-electron chi connectivity index (χ2n) is 4.63. The Hall–Kier alpha value is -2.44. The van der Waals surface area contributed by atoms with Crippen LogP contribution in [0, 0.1) is 0 Å². The first-order chi connectivity index (χ1) is 11.1. The van der Waals surface area contributed by atoms with Gasteiger partial charge in [0, 0.05) is 0 Å². The first-order valence-electron chi connectivity index (χ1n) is 6.58. The van der Waals surface area contributed by atoms with E-state index in [2.05, 4.69) is 15.5 Å². The summed E-state index contributed by atoms with van der Waals surface area (Å²) in [4.78, 5) is 12.1. The SMILES string of the molecule is O=C(OCc1ccc(Cl)c(Cl)c1)c1cccc(-n2cnnn2)c1. The normalized spacial score (nSPS) is 10.5. The molecule has 23 heavy (non-hydrogen) atoms. The van der Waals surface area contributed by atoms with Gasteiger partial charge in [-0.25, -0.2) is 9.48 Å². The van der Waals surface area contributed by atoms with Gasteiger partial charge >= 0.3 is 5.97 Å². The maximum Gasteiger partial charge on any atom is 0.338 e. The number of carbonyl (C=O) groups excluding carboxylic acids is 1. The molecule has 0 aliphatic carbocycles. The minimum absolute atomic E-state index is 0.102. The molecule has 0 bridgehead atoms. The highest BCUT2D eigenvalue weighted by molar-refractivity contribution is 6.42. The molecule has 0 aliphatic rings. The van der Waals surface area contributed by atoms with Gasteiger partial charge in [0.25, 0.3) is 0 Å². The molecule has 1 heterocycles. The van der Waals surface area contributed by atoms with Crippen molar-refractivity contribution in [3.8, 4) is 5.69 Å². The molecule has 3 aromatic rings. The minimum atomic E-state index is -0.453. The van der Waals surface area contributed by atoms with Crippen LogP contribution in [0.15, 0.2) is 48.8 Å². The largest absolute Gasteiger partial charge is 0.457 e. The Labute approximate surface area is 141 Å². The van der Waals surface area contributed by atoms with Crippen molar-refractivity contribution in [1.29, 1.82) is 0 Å². The summed E-state index contributed by atoms with van der Waals surface area (Å²) in [6.45, 7) is 0.102. The third-order valence-electron chi connectivity index (χ3n) is 3.05. The molecule has 0 spiro atoms. The Kier molecular flexibility index (Phi) is 4.55. The molecule has 0 atom stereocenters. The lowest BCUT2D eigenvalue weighted by atomic mass is 10.2. The quantitative estimate of drug-likeness (QED) is 0.676. The van der Waals surface area contributed by atoms with Crippen LogP contribution in [0.2, 0.25) is 10.0 Å². The monoisotopic (exact) mass is 348 g/mol. The van der Waals surface area contributed by atoms with Crippen LogP contribution < -0.4 is 0 Å². The summed E-state index contributed by atoms with van der Waals surface area (Å²) in [6.07, 6.45) is 1.44. The molecule has 3 rings (SSSR count). The number of nitrogens with zero attached hydrogens (tertiary/aromatic N) is 4. The van der Waals surface area contributed by atoms with E-state index in [1.165, 1.54) is 11.0 Å². The summed E-state index contributed by atoms with van der Waals surface area (Å²) in [7, 11) is 0. The molecule has 0 saturated heterocycles. The van der Waals surface area contributed by atoms with Gasteiger partial charge in [-0.2, -0.15) is 0 Å². The molecule has 8 heteroatoms. The van der Waals surface area contributed by atoms with E-state index >= 15 is 0 Å². The van der Waals surface area contributed by atoms with Crippen molar-refractivity contribution >= 4 is 29.2 Å². The Balaban J connectivity index is 1.71. The average molecular weight is 349 g/mol. The molecule has 0 fully saturated rings. The third kappa shape index (κ3) is 3.67. The van der Waals surface area contributed by atoms with E-state index in [1.54, 1.807) is 42.5 Å². The predicted octanol–water partition coefficient (Wildman–Crippen LogP) is 3.33. The minimum Gasteiger partial charge on any atom is -0.457 e. The number of rotatable bonds is 4. The van der Waals surface area contributed by atoms with Crippen LogP contribution in [-0.2, 0) is 11.3 Å². The fourth-order valence-electron chi connectivity index (χ4n) is 1.92. The number of halogens is 2. The number of hydrogen-bond donors (Lipinski definition) is 0. The van der Waals surface area contributed by atoms with E-state index in [1.807, 2.05) is 0 Å². The molecule has 0 aliphatic heterocycles. The van der Waals surface area contributed by atoms with Crippen molar-refractivity contribution in [2.24, 2.45) is 0 Å². The first-order valence-corrected chi connectivity index (χ1v) is 7.33. The fourth-order valence-corrected chi connectivity index (χ4v) is 2.24. The number of ether oxygens (including phenoxy) is 1. The first kappa shape index (κ1) is 15.5. The maximum absolute atomic E-state index is 12.1. The number of esters is 1. The van der Waals surface area contributed by atoms with Gasteiger partial charge in [0.1, 0.15) is 12.9 Å². The van der Waals surface area contributed by atoms with Crippen LogP contribution in [0.1, 0.15) is 15.9 Å². The van der Waals surface area contributed by atoms with Gasteiger partial charge in [-0.15, -0.1) is 5.10 Å². The molecule has 0 radical (unpaired) electrons. The second-order valence-corrected chi connectivity index (χ2v) is 5.44. The van der Waals surface area contributed by atoms with E-state index < -0.39 is 5.97 Å². The van der Waals surface area contributed by atoms with Crippen molar-refractivity contribution in [3.05, 3.63) is 70.0 Å². The molecule has 1 aromatic heterocycles. The highest BCUT2D eigenvalue weighted by Crippen LogP contribution is 2.23. The van der Waals surface area contributed by atoms with E-state index in [4.69, 9.17) is 27.9 Å². The molecule has 2 aromatic carbocycles. The standard InChI is InChI=1S/C15H10Cl2N4O2/c16-13-5-4-10(6-14(13)17)8-23-15(22)11-2-1-3-12(7-11)21-9-18-19-20-21/h1-7,9H,8H2. The molecule has 0 saturated carbocycles. The highest BCUT2D eigenvalue weighted by Gasteiger charge is 2.10. The Bertz CT molecular complexity index is 837. The van der Waals surface area contributed by atoms with Crippen molar-refractivity contribution in [3.63, 3.8) is 0 Å². The summed E-state index contributed by atoms with van der Waals surface area (Å²) in [5.74, 6) is -0.453. The molecule has 6 nitrogen and oxygen atoms in total. The molecule has 0 N–H and O–H groups in total. The third-order valence-corrected chi connectivity index (χ3v) is 3.79. The molecule has 0 amide bonds. The van der Waals surface area contributed by atoms with Crippen LogP contribution in [0.25, 0.3) is 5.69 Å². The predicted molar refractivity (Wildman–Crippen MR) is 84.7 cm³/mol. The lowest BCUT2D eigenvalue weighted by Crippen LogP contribution is -2.06. The topological polar surface area (TPSA) is 69.9 Å². The fraction of sp³-hybridized carbons (Fsp3) is 0.0667. The van der Waals surface area contributed by atoms with Crippen molar-refractivity contribution < 1.29 is 9.53 Å². The van der Waals surface area contributed by atoms with Crippen LogP contribution in [0.3, 0.4) is 0 Å². The lowest BCUT2D eigenvalue weighted by Gasteiger charge is -2.07.